The van der Waals surface area contributed by atoms with Crippen LogP contribution in [0, 0.1) is 5.82 Å². The zero-order valence-electron chi connectivity index (χ0n) is 21.1. The van der Waals surface area contributed by atoms with Crippen molar-refractivity contribution in [1.29, 1.82) is 0 Å². The molecule has 0 aliphatic heterocycles. The Labute approximate surface area is 229 Å². The fourth-order valence-corrected chi connectivity index (χ4v) is 3.47. The summed E-state index contributed by atoms with van der Waals surface area (Å²) in [4.78, 5) is 36.7. The third-order valence-corrected chi connectivity index (χ3v) is 5.13. The molecule has 0 bridgehead atoms. The van der Waals surface area contributed by atoms with E-state index in [1.807, 2.05) is 0 Å². The van der Waals surface area contributed by atoms with Gasteiger partial charge in [-0.15, -0.1) is 0 Å². The molecule has 0 heterocycles. The number of rotatable bonds is 11. The molecule has 0 saturated carbocycles. The van der Waals surface area contributed by atoms with Crippen LogP contribution in [0.4, 0.5) is 15.8 Å². The number of amides is 3. The molecule has 0 saturated heterocycles. The van der Waals surface area contributed by atoms with Crippen LogP contribution in [0.3, 0.4) is 0 Å². The fraction of sp³-hybridized carbons (Fsp3) is 0.185. The Kier molecular flexibility index (Phi) is 10.6. The predicted octanol–water partition coefficient (Wildman–Crippen LogP) is 4.38. The van der Waals surface area contributed by atoms with Crippen LogP contribution in [0.5, 0.6) is 17.2 Å². The number of benzene rings is 3. The van der Waals surface area contributed by atoms with E-state index in [4.69, 9.17) is 25.8 Å². The summed E-state index contributed by atoms with van der Waals surface area (Å²) >= 11 is 6.34. The highest BCUT2D eigenvalue weighted by Gasteiger charge is 2.17. The maximum atomic E-state index is 13.8. The van der Waals surface area contributed by atoms with E-state index in [2.05, 4.69) is 21.2 Å². The summed E-state index contributed by atoms with van der Waals surface area (Å²) in [6.45, 7) is 3.73. The second kappa shape index (κ2) is 14.3. The van der Waals surface area contributed by atoms with Crippen molar-refractivity contribution in [3.63, 3.8) is 0 Å². The molecule has 3 amide bonds. The second-order valence-electron chi connectivity index (χ2n) is 7.66. The molecule has 0 aliphatic carbocycles. The van der Waals surface area contributed by atoms with Crippen molar-refractivity contribution in [2.75, 3.05) is 30.5 Å². The van der Waals surface area contributed by atoms with E-state index in [-0.39, 0.29) is 28.8 Å². The van der Waals surface area contributed by atoms with Gasteiger partial charge in [-0.2, -0.15) is 5.10 Å². The summed E-state index contributed by atoms with van der Waals surface area (Å²) < 4.78 is 30.3. The molecule has 0 radical (unpaired) electrons. The third kappa shape index (κ3) is 8.44. The maximum Gasteiger partial charge on any atom is 0.329 e. The summed E-state index contributed by atoms with van der Waals surface area (Å²) in [5.41, 5.74) is 2.91. The zero-order valence-corrected chi connectivity index (χ0v) is 21.9. The molecule has 0 unspecified atom stereocenters. The van der Waals surface area contributed by atoms with E-state index >= 15 is 0 Å². The van der Waals surface area contributed by atoms with Crippen molar-refractivity contribution in [2.45, 2.75) is 13.8 Å². The van der Waals surface area contributed by atoms with Gasteiger partial charge in [0, 0.05) is 0 Å². The number of halogens is 2. The number of carbonyl (C=O) groups excluding carboxylic acids is 3. The first-order chi connectivity index (χ1) is 18.8. The van der Waals surface area contributed by atoms with Gasteiger partial charge in [0.05, 0.1) is 35.8 Å². The summed E-state index contributed by atoms with van der Waals surface area (Å²) in [6, 6.07) is 15.4. The minimum Gasteiger partial charge on any atom is -0.492 e. The fourth-order valence-electron chi connectivity index (χ4n) is 3.20. The van der Waals surface area contributed by atoms with Gasteiger partial charge in [0.25, 0.3) is 5.91 Å². The van der Waals surface area contributed by atoms with Gasteiger partial charge in [0.2, 0.25) is 0 Å². The molecule has 39 heavy (non-hydrogen) atoms. The molecular weight excluding hydrogens is 531 g/mol. The average Bonchev–Trinajstić information content (AvgIpc) is 2.91. The van der Waals surface area contributed by atoms with E-state index in [0.29, 0.717) is 23.6 Å². The molecule has 12 heteroatoms. The Balaban J connectivity index is 1.62. The number of nitrogens with zero attached hydrogens (tertiary/aromatic N) is 1. The third-order valence-electron chi connectivity index (χ3n) is 4.85. The number of hydrogen-bond acceptors (Lipinski definition) is 7. The minimum atomic E-state index is -1.01. The number of carbonyl (C=O) groups is 3. The van der Waals surface area contributed by atoms with E-state index in [9.17, 15) is 18.8 Å². The van der Waals surface area contributed by atoms with Crippen molar-refractivity contribution in [1.82, 2.24) is 5.43 Å². The molecular formula is C27H26ClFN4O6. The topological polar surface area (TPSA) is 127 Å². The highest BCUT2D eigenvalue weighted by atomic mass is 35.5. The first kappa shape index (κ1) is 28.9. The standard InChI is InChI=1S/C27H26ClFN4O6/c1-3-37-22-12-8-7-11-21(22)32-26(35)27(36)33-30-15-17-13-18(28)25(23(14-17)38-4-2)39-16-24(34)31-20-10-6-5-9-19(20)29/h5-15H,3-4,16H2,1-2H3,(H,31,34)(H,32,35)(H,33,36)/b30-15-. The van der Waals surface area contributed by atoms with Crippen LogP contribution in [-0.2, 0) is 14.4 Å². The Morgan fingerprint density at radius 1 is 0.872 bits per heavy atom. The van der Waals surface area contributed by atoms with Crippen LogP contribution in [0.15, 0.2) is 65.8 Å². The van der Waals surface area contributed by atoms with Crippen LogP contribution in [-0.4, -0.2) is 43.8 Å². The van der Waals surface area contributed by atoms with Crippen molar-refractivity contribution in [2.24, 2.45) is 5.10 Å². The number of hydrogen-bond donors (Lipinski definition) is 3. The normalized spacial score (nSPS) is 10.6. The molecule has 0 atom stereocenters. The smallest absolute Gasteiger partial charge is 0.329 e. The summed E-state index contributed by atoms with van der Waals surface area (Å²) in [7, 11) is 0. The van der Waals surface area contributed by atoms with E-state index < -0.39 is 30.1 Å². The second-order valence-corrected chi connectivity index (χ2v) is 8.07. The first-order valence-electron chi connectivity index (χ1n) is 11.8. The van der Waals surface area contributed by atoms with Gasteiger partial charge < -0.3 is 24.8 Å². The summed E-state index contributed by atoms with van der Waals surface area (Å²) in [5.74, 6) is -2.40. The Morgan fingerprint density at radius 2 is 1.54 bits per heavy atom. The van der Waals surface area contributed by atoms with Gasteiger partial charge in [0.1, 0.15) is 11.6 Å². The number of ether oxygens (including phenoxy) is 3. The monoisotopic (exact) mass is 556 g/mol. The lowest BCUT2D eigenvalue weighted by Gasteiger charge is -2.14. The maximum absolute atomic E-state index is 13.8. The van der Waals surface area contributed by atoms with Gasteiger partial charge in [-0.05, 0) is 55.8 Å². The lowest BCUT2D eigenvalue weighted by atomic mass is 10.2. The SMILES string of the molecule is CCOc1ccccc1NC(=O)C(=O)N/N=C\c1cc(Cl)c(OCC(=O)Nc2ccccc2F)c(OCC)c1. The molecule has 3 rings (SSSR count). The highest BCUT2D eigenvalue weighted by molar-refractivity contribution is 6.39. The molecule has 3 aromatic carbocycles. The molecule has 3 aromatic rings. The van der Waals surface area contributed by atoms with Crippen molar-refractivity contribution in [3.8, 4) is 17.2 Å². The molecule has 3 N–H and O–H groups in total. The lowest BCUT2D eigenvalue weighted by molar-refractivity contribution is -0.136. The lowest BCUT2D eigenvalue weighted by Crippen LogP contribution is -2.32. The Hall–Kier alpha value is -4.64. The number of hydrazone groups is 1. The number of para-hydroxylation sites is 3. The molecule has 0 aromatic heterocycles. The molecule has 0 spiro atoms. The zero-order chi connectivity index (χ0) is 28.2. The predicted molar refractivity (Wildman–Crippen MR) is 145 cm³/mol. The molecule has 0 fully saturated rings. The van der Waals surface area contributed by atoms with Crippen molar-refractivity contribution >= 4 is 46.9 Å². The van der Waals surface area contributed by atoms with E-state index in [0.717, 1.165) is 0 Å². The Bertz CT molecular complexity index is 1370. The van der Waals surface area contributed by atoms with Crippen LogP contribution in [0.25, 0.3) is 0 Å². The average molecular weight is 557 g/mol. The van der Waals surface area contributed by atoms with Gasteiger partial charge >= 0.3 is 11.8 Å². The van der Waals surface area contributed by atoms with Crippen molar-refractivity contribution in [3.05, 3.63) is 77.1 Å². The molecule has 10 nitrogen and oxygen atoms in total. The van der Waals surface area contributed by atoms with Gasteiger partial charge in [-0.1, -0.05) is 35.9 Å². The van der Waals surface area contributed by atoms with Crippen molar-refractivity contribution < 1.29 is 33.0 Å². The van der Waals surface area contributed by atoms with Crippen LogP contribution >= 0.6 is 11.6 Å². The van der Waals surface area contributed by atoms with Gasteiger partial charge in [-0.25, -0.2) is 9.82 Å². The number of anilines is 2. The largest absolute Gasteiger partial charge is 0.492 e. The van der Waals surface area contributed by atoms with Crippen LogP contribution in [0.1, 0.15) is 19.4 Å². The van der Waals surface area contributed by atoms with Gasteiger partial charge in [-0.3, -0.25) is 14.4 Å². The minimum absolute atomic E-state index is 0.0167. The number of nitrogens with one attached hydrogen (secondary N) is 3. The first-order valence-corrected chi connectivity index (χ1v) is 12.2. The summed E-state index contributed by atoms with van der Waals surface area (Å²) in [5, 5.41) is 8.77. The van der Waals surface area contributed by atoms with Crippen LogP contribution in [0.2, 0.25) is 5.02 Å². The summed E-state index contributed by atoms with van der Waals surface area (Å²) in [6.07, 6.45) is 1.25. The molecule has 204 valence electrons. The Morgan fingerprint density at radius 3 is 2.26 bits per heavy atom. The molecule has 0 aliphatic rings. The van der Waals surface area contributed by atoms with E-state index in [1.54, 1.807) is 44.2 Å². The van der Waals surface area contributed by atoms with Gasteiger partial charge in [0.15, 0.2) is 18.1 Å². The van der Waals surface area contributed by atoms with E-state index in [1.165, 1.54) is 36.5 Å². The van der Waals surface area contributed by atoms with Crippen LogP contribution < -0.4 is 30.3 Å². The quantitative estimate of drug-likeness (QED) is 0.183. The highest BCUT2D eigenvalue weighted by Crippen LogP contribution is 2.36.